The van der Waals surface area contributed by atoms with Crippen molar-refractivity contribution in [3.63, 3.8) is 0 Å². The Hall–Kier alpha value is -4.75. The SMILES string of the molecule is CC(=O)O[C@@]12COC1C[C@H](O)C1(C)C(=O)[C@H](O)C3=C(C)[C@@H](OC(=O)C(OC4(C(O)C(C)(C)N)CCCCCCCCCCCCC4)[C@@H](NC(=O)OC(C)(C)C)c4ccccc4)CC(O)([C@@H](OC(=O)c4ccccc4)C12)C3(C)C. The number of nitrogens with two attached hydrogens (primary N) is 1. The number of ether oxygens (including phenoxy) is 6. The normalized spacial score (nSPS) is 31.9. The summed E-state index contributed by atoms with van der Waals surface area (Å²) in [5, 5.41) is 54.6. The second kappa shape index (κ2) is 23.8. The molecule has 17 nitrogen and oxygen atoms in total. The van der Waals surface area contributed by atoms with Gasteiger partial charge >= 0.3 is 24.0 Å². The van der Waals surface area contributed by atoms with Crippen molar-refractivity contribution in [3.8, 4) is 0 Å². The van der Waals surface area contributed by atoms with E-state index in [-0.39, 0.29) is 42.6 Å². The summed E-state index contributed by atoms with van der Waals surface area (Å²) in [7, 11) is 0. The minimum absolute atomic E-state index is 0.0491. The van der Waals surface area contributed by atoms with E-state index in [1.807, 2.05) is 0 Å². The summed E-state index contributed by atoms with van der Waals surface area (Å²) in [6, 6.07) is 15.3. The fourth-order valence-electron chi connectivity index (χ4n) is 13.6. The standard InChI is InChI=1S/C61H88N2O15/c1-37-41(35-61(72)50(75-51(68)40-30-24-21-25-31-40)48-58(10,49(67)46(66)44(37)56(61,6)7)42(65)34-43-60(48,36-73-43)76-38(2)64)74-52(69)47(45(39-28-22-20-23-29-39)63-54(71)78-55(3,4)5)77-59(53(70)57(8,9)62)32-26-18-16-14-12-11-13-15-17-19-27-33-59/h20-25,28-31,41-43,45-48,50,53,65-66,70,72H,11-19,26-27,32-36,62H2,1-10H3,(H,63,71)/t41-,42-,43?,45-,46+,47?,48?,50-,53?,58?,60-,61?/m0/s1. The minimum atomic E-state index is -2.41. The average Bonchev–Trinajstić information content (AvgIpc) is 3.08. The van der Waals surface area contributed by atoms with Gasteiger partial charge in [0.05, 0.1) is 41.3 Å². The second-order valence-electron chi connectivity index (χ2n) is 25.3. The number of benzene rings is 2. The van der Waals surface area contributed by atoms with E-state index in [4.69, 9.17) is 34.2 Å². The maximum atomic E-state index is 16.0. The van der Waals surface area contributed by atoms with Gasteiger partial charge in [-0.15, -0.1) is 0 Å². The monoisotopic (exact) mass is 1090 g/mol. The van der Waals surface area contributed by atoms with Crippen molar-refractivity contribution in [3.05, 3.63) is 82.9 Å². The number of amides is 1. The van der Waals surface area contributed by atoms with E-state index in [0.717, 1.165) is 51.4 Å². The molecule has 7 N–H and O–H groups in total. The molecule has 0 spiro atoms. The number of esters is 3. The highest BCUT2D eigenvalue weighted by atomic mass is 16.6. The molecule has 1 heterocycles. The number of fused-ring (bicyclic) bond motifs is 5. The molecule has 2 bridgehead atoms. The summed E-state index contributed by atoms with van der Waals surface area (Å²) in [6.45, 7) is 15.6. The quantitative estimate of drug-likeness (QED) is 0.0665. The predicted octanol–water partition coefficient (Wildman–Crippen LogP) is 8.21. The molecular formula is C61H88N2O15. The lowest BCUT2D eigenvalue weighted by Gasteiger charge is -2.67. The van der Waals surface area contributed by atoms with Crippen molar-refractivity contribution in [2.24, 2.45) is 22.5 Å². The highest BCUT2D eigenvalue weighted by Gasteiger charge is 2.78. The van der Waals surface area contributed by atoms with Gasteiger partial charge in [0.15, 0.2) is 17.5 Å². The summed E-state index contributed by atoms with van der Waals surface area (Å²) in [6.07, 6.45) is -1.84. The Balaban J connectivity index is 1.42. The Bertz CT molecular complexity index is 2470. The van der Waals surface area contributed by atoms with E-state index in [2.05, 4.69) is 5.32 Å². The van der Waals surface area contributed by atoms with Crippen molar-refractivity contribution < 1.29 is 72.8 Å². The first kappa shape index (κ1) is 60.9. The second-order valence-corrected chi connectivity index (χ2v) is 25.3. The van der Waals surface area contributed by atoms with Crippen LogP contribution < -0.4 is 11.1 Å². The van der Waals surface area contributed by atoms with Gasteiger partial charge in [-0.25, -0.2) is 14.4 Å². The third-order valence-electron chi connectivity index (χ3n) is 17.8. The third-order valence-corrected chi connectivity index (χ3v) is 17.8. The van der Waals surface area contributed by atoms with Gasteiger partial charge in [0, 0.05) is 30.7 Å². The summed E-state index contributed by atoms with van der Waals surface area (Å²) in [5.41, 5.74) is -4.17. The number of hydrogen-bond acceptors (Lipinski definition) is 16. The van der Waals surface area contributed by atoms with E-state index in [0.29, 0.717) is 18.4 Å². The number of carbonyl (C=O) groups is 5. The molecule has 432 valence electrons. The first-order valence-corrected chi connectivity index (χ1v) is 28.3. The summed E-state index contributed by atoms with van der Waals surface area (Å²) < 4.78 is 38.5. The van der Waals surface area contributed by atoms with E-state index in [1.54, 1.807) is 104 Å². The first-order chi connectivity index (χ1) is 36.5. The molecule has 3 saturated carbocycles. The zero-order chi connectivity index (χ0) is 57.2. The number of nitrogens with one attached hydrogen (secondary N) is 1. The van der Waals surface area contributed by atoms with Crippen LogP contribution in [0.2, 0.25) is 0 Å². The molecule has 7 rings (SSSR count). The van der Waals surface area contributed by atoms with Gasteiger partial charge in [0.2, 0.25) is 0 Å². The lowest BCUT2D eigenvalue weighted by Crippen LogP contribution is -2.81. The molecule has 4 fully saturated rings. The van der Waals surface area contributed by atoms with Crippen molar-refractivity contribution >= 4 is 29.8 Å². The molecule has 1 aliphatic heterocycles. The van der Waals surface area contributed by atoms with Crippen LogP contribution in [-0.2, 0) is 42.8 Å². The lowest BCUT2D eigenvalue weighted by atomic mass is 9.44. The third kappa shape index (κ3) is 12.1. The van der Waals surface area contributed by atoms with Gasteiger partial charge in [-0.1, -0.05) is 133 Å². The van der Waals surface area contributed by atoms with Gasteiger partial charge in [0.25, 0.3) is 0 Å². The van der Waals surface area contributed by atoms with Gasteiger partial charge < -0.3 is 59.9 Å². The smallest absolute Gasteiger partial charge is 0.408 e. The Morgan fingerprint density at radius 1 is 0.808 bits per heavy atom. The van der Waals surface area contributed by atoms with Gasteiger partial charge in [-0.2, -0.15) is 0 Å². The molecule has 0 radical (unpaired) electrons. The fraction of sp³-hybridized carbons (Fsp3) is 0.689. The first-order valence-electron chi connectivity index (χ1n) is 28.3. The number of aliphatic hydroxyl groups is 4. The fourth-order valence-corrected chi connectivity index (χ4v) is 13.6. The molecule has 1 saturated heterocycles. The van der Waals surface area contributed by atoms with Crippen LogP contribution in [0, 0.1) is 16.7 Å². The molecule has 17 heteroatoms. The molecular weight excluding hydrogens is 1000 g/mol. The molecule has 0 aromatic heterocycles. The van der Waals surface area contributed by atoms with E-state index in [1.165, 1.54) is 32.4 Å². The molecule has 12 atom stereocenters. The number of aliphatic hydroxyl groups excluding tert-OH is 3. The minimum Gasteiger partial charge on any atom is -0.456 e. The number of carbonyl (C=O) groups excluding carboxylic acids is 5. The van der Waals surface area contributed by atoms with Crippen LogP contribution in [0.4, 0.5) is 4.79 Å². The Kier molecular flexibility index (Phi) is 18.5. The van der Waals surface area contributed by atoms with Crippen LogP contribution >= 0.6 is 0 Å². The van der Waals surface area contributed by atoms with Crippen LogP contribution in [0.3, 0.4) is 0 Å². The van der Waals surface area contributed by atoms with Crippen molar-refractivity contribution in [1.82, 2.24) is 5.32 Å². The van der Waals surface area contributed by atoms with Gasteiger partial charge in [-0.3, -0.25) is 9.59 Å². The van der Waals surface area contributed by atoms with Crippen LogP contribution in [0.25, 0.3) is 0 Å². The zero-order valence-electron chi connectivity index (χ0n) is 47.6. The molecule has 6 unspecified atom stereocenters. The lowest BCUT2D eigenvalue weighted by molar-refractivity contribution is -0.346. The van der Waals surface area contributed by atoms with E-state index < -0.39 is 130 Å². The number of alkyl carbamates (subject to hydrolysis) is 1. The topological polar surface area (TPSA) is 260 Å². The average molecular weight is 1090 g/mol. The van der Waals surface area contributed by atoms with Crippen LogP contribution in [-0.4, -0.2) is 127 Å². The van der Waals surface area contributed by atoms with Crippen LogP contribution in [0.15, 0.2) is 71.8 Å². The summed E-state index contributed by atoms with van der Waals surface area (Å²) in [4.78, 5) is 73.5. The van der Waals surface area contributed by atoms with Crippen LogP contribution in [0.5, 0.6) is 0 Å². The molecule has 5 aliphatic rings. The maximum Gasteiger partial charge on any atom is 0.408 e. The molecule has 78 heavy (non-hydrogen) atoms. The predicted molar refractivity (Wildman–Crippen MR) is 289 cm³/mol. The number of rotatable bonds is 12. The Morgan fingerprint density at radius 2 is 1.35 bits per heavy atom. The molecule has 2 aromatic rings. The molecule has 4 aliphatic carbocycles. The molecule has 1 amide bonds. The van der Waals surface area contributed by atoms with Gasteiger partial charge in [0.1, 0.15) is 41.7 Å². The maximum absolute atomic E-state index is 16.0. The van der Waals surface area contributed by atoms with Crippen LogP contribution in [0.1, 0.15) is 188 Å². The Labute approximate surface area is 460 Å². The van der Waals surface area contributed by atoms with Gasteiger partial charge in [-0.05, 0) is 90.2 Å². The highest BCUT2D eigenvalue weighted by molar-refractivity contribution is 5.94. The summed E-state index contributed by atoms with van der Waals surface area (Å²) in [5.74, 6) is -5.20. The number of Topliss-reactive ketones (excluding diaryl/α,β-unsaturated/α-hetero) is 1. The van der Waals surface area contributed by atoms with Crippen molar-refractivity contribution in [1.29, 1.82) is 0 Å². The van der Waals surface area contributed by atoms with Crippen molar-refractivity contribution in [2.45, 2.75) is 242 Å². The van der Waals surface area contributed by atoms with Crippen molar-refractivity contribution in [2.75, 3.05) is 6.61 Å². The highest BCUT2D eigenvalue weighted by Crippen LogP contribution is 2.64. The zero-order valence-corrected chi connectivity index (χ0v) is 47.6. The number of hydrogen-bond donors (Lipinski definition) is 6. The van der Waals surface area contributed by atoms with E-state index >= 15 is 9.59 Å². The Morgan fingerprint density at radius 3 is 1.85 bits per heavy atom. The van der Waals surface area contributed by atoms with E-state index in [9.17, 15) is 34.8 Å². The molecule has 2 aromatic carbocycles. The summed E-state index contributed by atoms with van der Waals surface area (Å²) >= 11 is 0. The largest absolute Gasteiger partial charge is 0.456 e. The number of ketones is 1.